The first-order valence-electron chi connectivity index (χ1n) is 12.0. The Hall–Kier alpha value is -0.920. The van der Waals surface area contributed by atoms with Crippen LogP contribution in [0.1, 0.15) is 122 Å². The van der Waals surface area contributed by atoms with Crippen molar-refractivity contribution >= 4 is 0 Å². The first-order chi connectivity index (χ1) is 13.6. The lowest BCUT2D eigenvalue weighted by atomic mass is 9.65. The molecule has 0 atom stereocenters. The molecule has 0 bridgehead atoms. The summed E-state index contributed by atoms with van der Waals surface area (Å²) in [4.78, 5) is 0. The Labute approximate surface area is 171 Å². The quantitative estimate of drug-likeness (QED) is 0.369. The Kier molecular flexibility index (Phi) is 7.94. The summed E-state index contributed by atoms with van der Waals surface area (Å²) in [7, 11) is 0. The second-order valence-corrected chi connectivity index (χ2v) is 9.84. The molecule has 0 N–H and O–H groups in total. The van der Waals surface area contributed by atoms with Crippen LogP contribution >= 0.6 is 0 Å². The molecule has 0 heterocycles. The highest BCUT2D eigenvalue weighted by molar-refractivity contribution is 5.27. The third kappa shape index (κ3) is 5.36. The summed E-state index contributed by atoms with van der Waals surface area (Å²) in [5.41, 5.74) is 1.73. The van der Waals surface area contributed by atoms with Crippen LogP contribution in [0.2, 0.25) is 0 Å². The summed E-state index contributed by atoms with van der Waals surface area (Å²) in [6, 6.07) is 4.68. The van der Waals surface area contributed by atoms with Gasteiger partial charge in [-0.25, -0.2) is 8.78 Å². The average molecular weight is 391 g/mol. The van der Waals surface area contributed by atoms with Gasteiger partial charge in [-0.2, -0.15) is 0 Å². The molecule has 1 aromatic rings. The monoisotopic (exact) mass is 390 g/mol. The third-order valence-electron chi connectivity index (χ3n) is 7.93. The van der Waals surface area contributed by atoms with Crippen LogP contribution in [0.4, 0.5) is 8.78 Å². The molecule has 2 fully saturated rings. The van der Waals surface area contributed by atoms with Crippen LogP contribution in [-0.4, -0.2) is 0 Å². The van der Waals surface area contributed by atoms with Crippen molar-refractivity contribution in [1.29, 1.82) is 0 Å². The van der Waals surface area contributed by atoms with E-state index in [0.29, 0.717) is 5.41 Å². The molecular formula is C26H40F2. The number of halogens is 2. The van der Waals surface area contributed by atoms with Gasteiger partial charge >= 0.3 is 0 Å². The molecule has 2 saturated carbocycles. The largest absolute Gasteiger partial charge is 0.204 e. The van der Waals surface area contributed by atoms with Crippen molar-refractivity contribution in [3.8, 4) is 0 Å². The van der Waals surface area contributed by atoms with Crippen LogP contribution in [0.5, 0.6) is 0 Å². The van der Waals surface area contributed by atoms with Crippen LogP contribution < -0.4 is 0 Å². The zero-order valence-electron chi connectivity index (χ0n) is 18.0. The summed E-state index contributed by atoms with van der Waals surface area (Å²) in [6.45, 7) is 2.31. The SMILES string of the molecule is CCCCC1(CCCCC2(c3ccc(F)c(F)c3)CCCCC2)CCCCC1. The van der Waals surface area contributed by atoms with Crippen molar-refractivity contribution in [2.45, 2.75) is 121 Å². The molecule has 0 nitrogen and oxygen atoms in total. The van der Waals surface area contributed by atoms with E-state index in [0.717, 1.165) is 24.8 Å². The third-order valence-corrected chi connectivity index (χ3v) is 7.93. The van der Waals surface area contributed by atoms with E-state index in [2.05, 4.69) is 6.92 Å². The van der Waals surface area contributed by atoms with Gasteiger partial charge in [0.2, 0.25) is 0 Å². The number of hydrogen-bond acceptors (Lipinski definition) is 0. The van der Waals surface area contributed by atoms with Crippen molar-refractivity contribution in [3.05, 3.63) is 35.4 Å². The van der Waals surface area contributed by atoms with Crippen LogP contribution in [0, 0.1) is 17.0 Å². The van der Waals surface area contributed by atoms with Gasteiger partial charge in [-0.15, -0.1) is 0 Å². The highest BCUT2D eigenvalue weighted by atomic mass is 19.2. The van der Waals surface area contributed by atoms with E-state index in [1.165, 1.54) is 102 Å². The predicted molar refractivity (Wildman–Crippen MR) is 115 cm³/mol. The molecule has 28 heavy (non-hydrogen) atoms. The van der Waals surface area contributed by atoms with E-state index in [9.17, 15) is 8.78 Å². The van der Waals surface area contributed by atoms with E-state index in [1.807, 2.05) is 6.07 Å². The second-order valence-electron chi connectivity index (χ2n) is 9.84. The number of unbranched alkanes of at least 4 members (excludes halogenated alkanes) is 2. The normalized spacial score (nSPS) is 21.5. The summed E-state index contributed by atoms with van der Waals surface area (Å²) < 4.78 is 27.4. The number of rotatable bonds is 9. The second kappa shape index (κ2) is 10.2. The van der Waals surface area contributed by atoms with Crippen molar-refractivity contribution in [1.82, 2.24) is 0 Å². The lowest BCUT2D eigenvalue weighted by molar-refractivity contribution is 0.145. The molecule has 158 valence electrons. The van der Waals surface area contributed by atoms with E-state index in [4.69, 9.17) is 0 Å². The maximum absolute atomic E-state index is 13.9. The van der Waals surface area contributed by atoms with E-state index >= 15 is 0 Å². The highest BCUT2D eigenvalue weighted by Crippen LogP contribution is 2.47. The molecule has 1 aromatic carbocycles. The molecule has 2 aliphatic rings. The molecule has 0 spiro atoms. The smallest absolute Gasteiger partial charge is 0.159 e. The van der Waals surface area contributed by atoms with Crippen molar-refractivity contribution in [3.63, 3.8) is 0 Å². The minimum atomic E-state index is -0.718. The lowest BCUT2D eigenvalue weighted by Crippen LogP contribution is -2.30. The van der Waals surface area contributed by atoms with E-state index in [-0.39, 0.29) is 5.41 Å². The molecule has 2 heteroatoms. The topological polar surface area (TPSA) is 0 Å². The van der Waals surface area contributed by atoms with Gasteiger partial charge in [-0.05, 0) is 73.5 Å². The summed E-state index contributed by atoms with van der Waals surface area (Å²) in [5.74, 6) is -1.40. The minimum Gasteiger partial charge on any atom is -0.204 e. The van der Waals surface area contributed by atoms with Crippen molar-refractivity contribution in [2.75, 3.05) is 0 Å². The minimum absolute atomic E-state index is 0.0793. The van der Waals surface area contributed by atoms with Crippen LogP contribution in [0.15, 0.2) is 18.2 Å². The van der Waals surface area contributed by atoms with Gasteiger partial charge in [-0.1, -0.05) is 77.2 Å². The number of benzene rings is 1. The Bertz CT molecular complexity index is 594. The number of hydrogen-bond donors (Lipinski definition) is 0. The van der Waals surface area contributed by atoms with E-state index in [1.54, 1.807) is 0 Å². The Morgan fingerprint density at radius 1 is 0.714 bits per heavy atom. The van der Waals surface area contributed by atoms with Crippen molar-refractivity contribution < 1.29 is 8.78 Å². The molecule has 0 aromatic heterocycles. The molecule has 0 amide bonds. The fourth-order valence-electron chi connectivity index (χ4n) is 6.18. The molecule has 0 aliphatic heterocycles. The lowest BCUT2D eigenvalue weighted by Gasteiger charge is -2.40. The van der Waals surface area contributed by atoms with Gasteiger partial charge in [-0.3, -0.25) is 0 Å². The summed E-state index contributed by atoms with van der Waals surface area (Å²) in [5, 5.41) is 0. The van der Waals surface area contributed by atoms with E-state index < -0.39 is 11.6 Å². The van der Waals surface area contributed by atoms with Crippen LogP contribution in [0.25, 0.3) is 0 Å². The van der Waals surface area contributed by atoms with Gasteiger partial charge < -0.3 is 0 Å². The van der Waals surface area contributed by atoms with Gasteiger partial charge in [0.1, 0.15) is 0 Å². The summed E-state index contributed by atoms with van der Waals surface area (Å²) in [6.07, 6.45) is 22.3. The van der Waals surface area contributed by atoms with Crippen LogP contribution in [0.3, 0.4) is 0 Å². The Balaban J connectivity index is 1.61. The van der Waals surface area contributed by atoms with Gasteiger partial charge in [0.15, 0.2) is 11.6 Å². The standard InChI is InChI=1S/C26H40F2/c1-2-3-14-25(15-6-4-7-16-25)17-10-11-20-26(18-8-5-9-19-26)22-12-13-23(27)24(28)21-22/h12-13,21H,2-11,14-20H2,1H3. The van der Waals surface area contributed by atoms with Gasteiger partial charge in [0.05, 0.1) is 0 Å². The Morgan fingerprint density at radius 2 is 1.32 bits per heavy atom. The zero-order valence-corrected chi connectivity index (χ0v) is 18.0. The summed E-state index contributed by atoms with van der Waals surface area (Å²) >= 11 is 0. The van der Waals surface area contributed by atoms with Gasteiger partial charge in [0.25, 0.3) is 0 Å². The predicted octanol–water partition coefficient (Wildman–Crippen LogP) is 8.87. The molecule has 2 aliphatic carbocycles. The highest BCUT2D eigenvalue weighted by Gasteiger charge is 2.35. The fraction of sp³-hybridized carbons (Fsp3) is 0.769. The molecule has 0 unspecified atom stereocenters. The van der Waals surface area contributed by atoms with Crippen molar-refractivity contribution in [2.24, 2.45) is 5.41 Å². The molecule has 0 radical (unpaired) electrons. The zero-order chi connectivity index (χ0) is 19.9. The molecular weight excluding hydrogens is 350 g/mol. The fourth-order valence-corrected chi connectivity index (χ4v) is 6.18. The maximum atomic E-state index is 13.9. The average Bonchev–Trinajstić information content (AvgIpc) is 2.73. The molecule has 0 saturated heterocycles. The first-order valence-corrected chi connectivity index (χ1v) is 12.0. The molecule has 3 rings (SSSR count). The maximum Gasteiger partial charge on any atom is 0.159 e. The first kappa shape index (κ1) is 21.8. The van der Waals surface area contributed by atoms with Crippen LogP contribution in [-0.2, 0) is 5.41 Å². The Morgan fingerprint density at radius 3 is 1.96 bits per heavy atom. The van der Waals surface area contributed by atoms with Gasteiger partial charge in [0, 0.05) is 0 Å².